The average molecular weight is 285 g/mol. The van der Waals surface area contributed by atoms with Gasteiger partial charge in [-0.15, -0.1) is 0 Å². The lowest BCUT2D eigenvalue weighted by Crippen LogP contribution is -2.18. The number of esters is 1. The van der Waals surface area contributed by atoms with E-state index in [0.29, 0.717) is 0 Å². The number of aromatic nitrogens is 2. The number of carbonyl (C=O) groups is 1. The molecule has 0 atom stereocenters. The molecular formula is C14H11N3O4. The van der Waals surface area contributed by atoms with Gasteiger partial charge in [-0.2, -0.15) is 10.2 Å². The summed E-state index contributed by atoms with van der Waals surface area (Å²) in [5.74, 6) is -1.42. The van der Waals surface area contributed by atoms with Gasteiger partial charge < -0.3 is 9.84 Å². The van der Waals surface area contributed by atoms with E-state index in [4.69, 9.17) is 10.00 Å². The van der Waals surface area contributed by atoms with Gasteiger partial charge in [0.2, 0.25) is 5.88 Å². The van der Waals surface area contributed by atoms with Crippen molar-refractivity contribution in [1.82, 2.24) is 9.38 Å². The lowest BCUT2D eigenvalue weighted by atomic mass is 10.2. The molecule has 2 aromatic heterocycles. The minimum Gasteiger partial charge on any atom is -0.493 e. The molecule has 2 aromatic rings. The molecule has 0 saturated heterocycles. The van der Waals surface area contributed by atoms with Gasteiger partial charge in [-0.25, -0.2) is 4.79 Å². The van der Waals surface area contributed by atoms with Crippen LogP contribution in [0.5, 0.6) is 5.88 Å². The van der Waals surface area contributed by atoms with Crippen molar-refractivity contribution in [3.63, 3.8) is 0 Å². The van der Waals surface area contributed by atoms with Crippen LogP contribution in [0.3, 0.4) is 0 Å². The average Bonchev–Trinajstić information content (AvgIpc) is 2.47. The Morgan fingerprint density at radius 2 is 2.33 bits per heavy atom. The van der Waals surface area contributed by atoms with Gasteiger partial charge in [0.1, 0.15) is 22.9 Å². The van der Waals surface area contributed by atoms with Crippen LogP contribution in [0.2, 0.25) is 0 Å². The standard InChI is InChI=1S/C14H11N3O4/c1-2-21-14(20)9(8-15)7-10-12(18)16-11-5-3-4-6-17(11)13(10)19/h3-7,18H,2H2,1H3. The summed E-state index contributed by atoms with van der Waals surface area (Å²) in [5, 5.41) is 18.8. The van der Waals surface area contributed by atoms with E-state index >= 15 is 0 Å². The number of pyridine rings is 1. The molecule has 0 aliphatic carbocycles. The van der Waals surface area contributed by atoms with E-state index in [1.165, 1.54) is 10.6 Å². The maximum Gasteiger partial charge on any atom is 0.348 e. The summed E-state index contributed by atoms with van der Waals surface area (Å²) in [6.07, 6.45) is 2.44. The van der Waals surface area contributed by atoms with Gasteiger partial charge in [0.05, 0.1) is 6.61 Å². The summed E-state index contributed by atoms with van der Waals surface area (Å²) in [7, 11) is 0. The van der Waals surface area contributed by atoms with E-state index in [0.717, 1.165) is 6.08 Å². The van der Waals surface area contributed by atoms with E-state index in [1.54, 1.807) is 31.2 Å². The van der Waals surface area contributed by atoms with Crippen LogP contribution in [0, 0.1) is 11.3 Å². The minimum atomic E-state index is -0.864. The molecule has 0 radical (unpaired) electrons. The molecule has 0 aromatic carbocycles. The number of carbonyl (C=O) groups excluding carboxylic acids is 1. The summed E-state index contributed by atoms with van der Waals surface area (Å²) in [6, 6.07) is 6.47. The fourth-order valence-electron chi connectivity index (χ4n) is 1.71. The molecule has 0 aliphatic heterocycles. The molecular weight excluding hydrogens is 274 g/mol. The van der Waals surface area contributed by atoms with E-state index in [2.05, 4.69) is 4.98 Å². The molecule has 106 valence electrons. The SMILES string of the molecule is CCOC(=O)C(C#N)=Cc1c(O)nc2ccccn2c1=O. The highest BCUT2D eigenvalue weighted by molar-refractivity contribution is 5.98. The van der Waals surface area contributed by atoms with Crippen molar-refractivity contribution < 1.29 is 14.6 Å². The third-order valence-electron chi connectivity index (χ3n) is 2.65. The number of ether oxygens (including phenoxy) is 1. The van der Waals surface area contributed by atoms with Gasteiger partial charge in [0.15, 0.2) is 0 Å². The first-order chi connectivity index (χ1) is 10.1. The summed E-state index contributed by atoms with van der Waals surface area (Å²) >= 11 is 0. The third kappa shape index (κ3) is 2.74. The molecule has 7 heteroatoms. The molecule has 0 unspecified atom stereocenters. The Labute approximate surface area is 119 Å². The first kappa shape index (κ1) is 14.3. The molecule has 0 bridgehead atoms. The van der Waals surface area contributed by atoms with Crippen molar-refractivity contribution in [3.05, 3.63) is 45.9 Å². The van der Waals surface area contributed by atoms with Crippen LogP contribution >= 0.6 is 0 Å². The number of hydrogen-bond donors (Lipinski definition) is 1. The van der Waals surface area contributed by atoms with Crippen molar-refractivity contribution in [2.45, 2.75) is 6.92 Å². The molecule has 0 aliphatic rings. The highest BCUT2D eigenvalue weighted by atomic mass is 16.5. The van der Waals surface area contributed by atoms with Crippen molar-refractivity contribution in [2.75, 3.05) is 6.61 Å². The maximum absolute atomic E-state index is 12.2. The number of nitriles is 1. The van der Waals surface area contributed by atoms with E-state index in [1.807, 2.05) is 0 Å². The van der Waals surface area contributed by atoms with Gasteiger partial charge in [-0.1, -0.05) is 6.07 Å². The lowest BCUT2D eigenvalue weighted by Gasteiger charge is -2.04. The first-order valence-electron chi connectivity index (χ1n) is 6.07. The lowest BCUT2D eigenvalue weighted by molar-refractivity contribution is -0.137. The number of aromatic hydroxyl groups is 1. The highest BCUT2D eigenvalue weighted by Crippen LogP contribution is 2.15. The Morgan fingerprint density at radius 3 is 3.00 bits per heavy atom. The Hall–Kier alpha value is -3.14. The fraction of sp³-hybridized carbons (Fsp3) is 0.143. The van der Waals surface area contributed by atoms with E-state index in [9.17, 15) is 14.7 Å². The zero-order chi connectivity index (χ0) is 15.4. The molecule has 2 heterocycles. The summed E-state index contributed by atoms with van der Waals surface area (Å²) in [5.41, 5.74) is -0.966. The van der Waals surface area contributed by atoms with Gasteiger partial charge >= 0.3 is 5.97 Å². The number of nitrogens with zero attached hydrogens (tertiary/aromatic N) is 3. The number of hydrogen-bond acceptors (Lipinski definition) is 6. The quantitative estimate of drug-likeness (QED) is 0.509. The summed E-state index contributed by atoms with van der Waals surface area (Å²) in [4.78, 5) is 27.6. The Kier molecular flexibility index (Phi) is 4.00. The zero-order valence-corrected chi connectivity index (χ0v) is 11.1. The predicted molar refractivity (Wildman–Crippen MR) is 73.3 cm³/mol. The Balaban J connectivity index is 2.64. The van der Waals surface area contributed by atoms with E-state index < -0.39 is 17.4 Å². The summed E-state index contributed by atoms with van der Waals surface area (Å²) in [6.45, 7) is 1.69. The molecule has 0 spiro atoms. The highest BCUT2D eigenvalue weighted by Gasteiger charge is 2.15. The second-order valence-corrected chi connectivity index (χ2v) is 3.97. The van der Waals surface area contributed by atoms with Gasteiger partial charge in [0, 0.05) is 6.20 Å². The Morgan fingerprint density at radius 1 is 1.57 bits per heavy atom. The summed E-state index contributed by atoms with van der Waals surface area (Å²) < 4.78 is 5.89. The smallest absolute Gasteiger partial charge is 0.348 e. The number of fused-ring (bicyclic) bond motifs is 1. The molecule has 7 nitrogen and oxygen atoms in total. The molecule has 0 amide bonds. The second-order valence-electron chi connectivity index (χ2n) is 3.97. The molecule has 1 N–H and O–H groups in total. The van der Waals surface area contributed by atoms with Crippen molar-refractivity contribution in [2.24, 2.45) is 0 Å². The first-order valence-corrected chi connectivity index (χ1v) is 6.07. The molecule has 0 fully saturated rings. The van der Waals surface area contributed by atoms with Crippen LogP contribution in [0.4, 0.5) is 0 Å². The molecule has 2 rings (SSSR count). The monoisotopic (exact) mass is 285 g/mol. The molecule has 21 heavy (non-hydrogen) atoms. The van der Waals surface area contributed by atoms with Crippen molar-refractivity contribution in [1.29, 1.82) is 5.26 Å². The topological polar surface area (TPSA) is 105 Å². The fourth-order valence-corrected chi connectivity index (χ4v) is 1.71. The van der Waals surface area contributed by atoms with Crippen LogP contribution in [-0.4, -0.2) is 27.1 Å². The van der Waals surface area contributed by atoms with Crippen molar-refractivity contribution >= 4 is 17.7 Å². The normalized spacial score (nSPS) is 11.1. The predicted octanol–water partition coefficient (Wildman–Crippen LogP) is 0.870. The van der Waals surface area contributed by atoms with Gasteiger partial charge in [-0.3, -0.25) is 9.20 Å². The van der Waals surface area contributed by atoms with Crippen LogP contribution in [0.1, 0.15) is 12.5 Å². The second kappa shape index (κ2) is 5.88. The zero-order valence-electron chi connectivity index (χ0n) is 11.1. The number of rotatable bonds is 3. The van der Waals surface area contributed by atoms with Gasteiger partial charge in [0.25, 0.3) is 5.56 Å². The van der Waals surface area contributed by atoms with Crippen LogP contribution in [-0.2, 0) is 9.53 Å². The Bertz CT molecular complexity index is 830. The molecule has 0 saturated carbocycles. The van der Waals surface area contributed by atoms with Gasteiger partial charge in [-0.05, 0) is 25.1 Å². The maximum atomic E-state index is 12.2. The largest absolute Gasteiger partial charge is 0.493 e. The van der Waals surface area contributed by atoms with E-state index in [-0.39, 0.29) is 23.4 Å². The van der Waals surface area contributed by atoms with Crippen LogP contribution in [0.15, 0.2) is 34.8 Å². The van der Waals surface area contributed by atoms with Crippen LogP contribution < -0.4 is 5.56 Å². The minimum absolute atomic E-state index is 0.0960. The van der Waals surface area contributed by atoms with Crippen LogP contribution in [0.25, 0.3) is 11.7 Å². The van der Waals surface area contributed by atoms with Crippen molar-refractivity contribution in [3.8, 4) is 11.9 Å². The third-order valence-corrected chi connectivity index (χ3v) is 2.65.